The largest absolute Gasteiger partial charge is 0.496 e. The zero-order chi connectivity index (χ0) is 12.1. The van der Waals surface area contributed by atoms with E-state index in [2.05, 4.69) is 21.2 Å². The first-order valence-electron chi connectivity index (χ1n) is 4.80. The molecule has 1 aromatic rings. The van der Waals surface area contributed by atoms with Gasteiger partial charge < -0.3 is 15.2 Å². The first-order chi connectivity index (χ1) is 7.60. The number of benzene rings is 1. The van der Waals surface area contributed by atoms with Crippen molar-refractivity contribution in [3.8, 4) is 5.75 Å². The highest BCUT2D eigenvalue weighted by Crippen LogP contribution is 2.25. The lowest BCUT2D eigenvalue weighted by atomic mass is 10.1. The number of methoxy groups -OCH3 is 1. The summed E-state index contributed by atoms with van der Waals surface area (Å²) in [7, 11) is 3.23. The Hall–Kier alpha value is -0.910. The van der Waals surface area contributed by atoms with Crippen molar-refractivity contribution in [1.29, 1.82) is 0 Å². The van der Waals surface area contributed by atoms with E-state index in [1.165, 1.54) is 0 Å². The van der Waals surface area contributed by atoms with E-state index >= 15 is 0 Å². The minimum Gasteiger partial charge on any atom is -0.496 e. The lowest BCUT2D eigenvalue weighted by Gasteiger charge is -2.10. The van der Waals surface area contributed by atoms with Gasteiger partial charge in [-0.3, -0.25) is 4.79 Å². The van der Waals surface area contributed by atoms with Crippen LogP contribution in [0.15, 0.2) is 22.7 Å². The van der Waals surface area contributed by atoms with Crippen LogP contribution in [0.2, 0.25) is 0 Å². The summed E-state index contributed by atoms with van der Waals surface area (Å²) < 4.78 is 5.75. The van der Waals surface area contributed by atoms with Gasteiger partial charge in [-0.1, -0.05) is 0 Å². The van der Waals surface area contributed by atoms with Gasteiger partial charge in [-0.15, -0.1) is 0 Å². The number of halogens is 1. The Balaban J connectivity index is 2.88. The Bertz CT molecular complexity index is 381. The number of carbonyl (C=O) groups is 1. The number of aliphatic hydroxyl groups is 1. The summed E-state index contributed by atoms with van der Waals surface area (Å²) in [4.78, 5) is 11.7. The van der Waals surface area contributed by atoms with E-state index in [1.807, 2.05) is 0 Å². The van der Waals surface area contributed by atoms with Crippen LogP contribution in [-0.2, 0) is 0 Å². The van der Waals surface area contributed by atoms with E-state index in [1.54, 1.807) is 32.4 Å². The van der Waals surface area contributed by atoms with Crippen LogP contribution >= 0.6 is 15.9 Å². The van der Waals surface area contributed by atoms with Crippen LogP contribution in [0.25, 0.3) is 0 Å². The fourth-order valence-electron chi connectivity index (χ4n) is 1.30. The van der Waals surface area contributed by atoms with E-state index in [0.29, 0.717) is 15.8 Å². The van der Waals surface area contributed by atoms with E-state index in [9.17, 15) is 9.90 Å². The standard InChI is InChI=1S/C11H14BrNO3/c1-13-6-9(14)11(15)7-3-4-10(16-2)8(12)5-7/h3-5,9,13-14H,6H2,1-2H3. The molecule has 0 amide bonds. The van der Waals surface area contributed by atoms with Crippen molar-refractivity contribution in [1.82, 2.24) is 5.32 Å². The van der Waals surface area contributed by atoms with Crippen molar-refractivity contribution < 1.29 is 14.6 Å². The van der Waals surface area contributed by atoms with E-state index in [0.717, 1.165) is 0 Å². The molecule has 0 aromatic heterocycles. The quantitative estimate of drug-likeness (QED) is 0.800. The Morgan fingerprint density at radius 2 is 2.31 bits per heavy atom. The Morgan fingerprint density at radius 1 is 1.62 bits per heavy atom. The molecular weight excluding hydrogens is 274 g/mol. The van der Waals surface area contributed by atoms with Gasteiger partial charge in [0.15, 0.2) is 5.78 Å². The minimum atomic E-state index is -1.02. The van der Waals surface area contributed by atoms with Crippen LogP contribution in [0.4, 0.5) is 0 Å². The van der Waals surface area contributed by atoms with Gasteiger partial charge in [-0.2, -0.15) is 0 Å². The highest BCUT2D eigenvalue weighted by atomic mass is 79.9. The first kappa shape index (κ1) is 13.2. The maximum Gasteiger partial charge on any atom is 0.192 e. The first-order valence-corrected chi connectivity index (χ1v) is 5.60. The molecule has 0 aliphatic heterocycles. The number of ether oxygens (including phenoxy) is 1. The predicted octanol–water partition coefficient (Wildman–Crippen LogP) is 1.22. The van der Waals surface area contributed by atoms with Crippen LogP contribution < -0.4 is 10.1 Å². The van der Waals surface area contributed by atoms with Crippen LogP contribution in [0.5, 0.6) is 5.75 Å². The highest BCUT2D eigenvalue weighted by Gasteiger charge is 2.17. The van der Waals surface area contributed by atoms with Gasteiger partial charge in [-0.25, -0.2) is 0 Å². The molecule has 16 heavy (non-hydrogen) atoms. The molecular formula is C11H14BrNO3. The Kier molecular flexibility index (Phi) is 4.92. The maximum absolute atomic E-state index is 11.7. The van der Waals surface area contributed by atoms with Crippen molar-refractivity contribution in [2.24, 2.45) is 0 Å². The number of likely N-dealkylation sites (N-methyl/N-ethyl adjacent to an activating group) is 1. The van der Waals surface area contributed by atoms with Gasteiger partial charge in [0, 0.05) is 12.1 Å². The molecule has 1 aromatic carbocycles. The van der Waals surface area contributed by atoms with Crippen molar-refractivity contribution in [2.75, 3.05) is 20.7 Å². The van der Waals surface area contributed by atoms with Crippen LogP contribution in [0.3, 0.4) is 0 Å². The van der Waals surface area contributed by atoms with Crippen molar-refractivity contribution in [3.05, 3.63) is 28.2 Å². The molecule has 0 fully saturated rings. The second-order valence-electron chi connectivity index (χ2n) is 3.29. The molecule has 0 radical (unpaired) electrons. The molecule has 0 bridgehead atoms. The fourth-order valence-corrected chi connectivity index (χ4v) is 1.84. The number of Topliss-reactive ketones (excluding diaryl/α,β-unsaturated/α-hetero) is 1. The molecule has 4 nitrogen and oxygen atoms in total. The van der Waals surface area contributed by atoms with Gasteiger partial charge in [0.1, 0.15) is 11.9 Å². The normalized spacial score (nSPS) is 12.2. The molecule has 1 rings (SSSR count). The number of rotatable bonds is 5. The van der Waals surface area contributed by atoms with Crippen LogP contribution in [-0.4, -0.2) is 37.7 Å². The highest BCUT2D eigenvalue weighted by molar-refractivity contribution is 9.10. The van der Waals surface area contributed by atoms with Crippen molar-refractivity contribution in [2.45, 2.75) is 6.10 Å². The number of ketones is 1. The van der Waals surface area contributed by atoms with E-state index in [-0.39, 0.29) is 12.3 Å². The summed E-state index contributed by atoms with van der Waals surface area (Å²) in [5.74, 6) is 0.345. The van der Waals surface area contributed by atoms with Gasteiger partial charge in [-0.05, 0) is 41.2 Å². The molecule has 0 heterocycles. The lowest BCUT2D eigenvalue weighted by molar-refractivity contribution is 0.0750. The number of carbonyl (C=O) groups excluding carboxylic acids is 1. The van der Waals surface area contributed by atoms with E-state index < -0.39 is 6.10 Å². The van der Waals surface area contributed by atoms with Gasteiger partial charge >= 0.3 is 0 Å². The predicted molar refractivity (Wildman–Crippen MR) is 65.0 cm³/mol. The Morgan fingerprint density at radius 3 is 2.81 bits per heavy atom. The second kappa shape index (κ2) is 5.98. The smallest absolute Gasteiger partial charge is 0.192 e. The number of hydrogen-bond donors (Lipinski definition) is 2. The molecule has 1 atom stereocenters. The third kappa shape index (κ3) is 3.04. The lowest BCUT2D eigenvalue weighted by Crippen LogP contribution is -2.31. The molecule has 0 saturated carbocycles. The topological polar surface area (TPSA) is 58.6 Å². The molecule has 0 aliphatic rings. The summed E-state index contributed by atoms with van der Waals surface area (Å²) in [5.41, 5.74) is 0.454. The maximum atomic E-state index is 11.7. The zero-order valence-corrected chi connectivity index (χ0v) is 10.7. The number of aliphatic hydroxyl groups excluding tert-OH is 1. The Labute approximate surface area is 103 Å². The second-order valence-corrected chi connectivity index (χ2v) is 4.14. The molecule has 88 valence electrons. The summed E-state index contributed by atoms with van der Waals surface area (Å²) in [6.07, 6.45) is -1.02. The summed E-state index contributed by atoms with van der Waals surface area (Å²) in [6.45, 7) is 0.239. The van der Waals surface area contributed by atoms with Gasteiger partial charge in [0.2, 0.25) is 0 Å². The van der Waals surface area contributed by atoms with Gasteiger partial charge in [0.05, 0.1) is 11.6 Å². The van der Waals surface area contributed by atoms with Crippen LogP contribution in [0.1, 0.15) is 10.4 Å². The average Bonchev–Trinajstić information content (AvgIpc) is 2.28. The molecule has 0 spiro atoms. The molecule has 5 heteroatoms. The summed E-state index contributed by atoms with van der Waals surface area (Å²) in [6, 6.07) is 4.95. The van der Waals surface area contributed by atoms with Gasteiger partial charge in [0.25, 0.3) is 0 Å². The molecule has 0 saturated heterocycles. The third-order valence-corrected chi connectivity index (χ3v) is 2.76. The number of nitrogens with one attached hydrogen (secondary N) is 1. The van der Waals surface area contributed by atoms with Crippen molar-refractivity contribution >= 4 is 21.7 Å². The fraction of sp³-hybridized carbons (Fsp3) is 0.364. The third-order valence-electron chi connectivity index (χ3n) is 2.14. The van der Waals surface area contributed by atoms with Crippen molar-refractivity contribution in [3.63, 3.8) is 0 Å². The van der Waals surface area contributed by atoms with E-state index in [4.69, 9.17) is 4.74 Å². The molecule has 0 aliphatic carbocycles. The monoisotopic (exact) mass is 287 g/mol. The zero-order valence-electron chi connectivity index (χ0n) is 9.16. The van der Waals surface area contributed by atoms with Crippen LogP contribution in [0, 0.1) is 0 Å². The summed E-state index contributed by atoms with van der Waals surface area (Å²) >= 11 is 3.29. The minimum absolute atomic E-state index is 0.239. The number of hydrogen-bond acceptors (Lipinski definition) is 4. The molecule has 2 N–H and O–H groups in total. The molecule has 1 unspecified atom stereocenters. The summed E-state index contributed by atoms with van der Waals surface area (Å²) in [5, 5.41) is 12.3. The average molecular weight is 288 g/mol. The SMILES string of the molecule is CNCC(O)C(=O)c1ccc(OC)c(Br)c1.